The predicted molar refractivity (Wildman–Crippen MR) is 125 cm³/mol. The molecule has 0 unspecified atom stereocenters. The quantitative estimate of drug-likeness (QED) is 0.335. The molecule has 0 bridgehead atoms. The molecule has 3 aromatic heterocycles. The van der Waals surface area contributed by atoms with E-state index in [-0.39, 0.29) is 0 Å². The number of nitrogens with zero attached hydrogens (tertiary/aromatic N) is 3. The highest BCUT2D eigenvalue weighted by atomic mass is 14.7. The van der Waals surface area contributed by atoms with E-state index in [9.17, 15) is 0 Å². The van der Waals surface area contributed by atoms with Gasteiger partial charge in [0, 0.05) is 47.7 Å². The predicted octanol–water partition coefficient (Wildman–Crippen LogP) is 6.46. The third-order valence-electron chi connectivity index (χ3n) is 5.42. The molecule has 6 rings (SSSR count). The lowest BCUT2D eigenvalue weighted by molar-refractivity contribution is 1.26. The van der Waals surface area contributed by atoms with Crippen LogP contribution in [0, 0.1) is 0 Å². The molecule has 31 heavy (non-hydrogen) atoms. The lowest BCUT2D eigenvalue weighted by atomic mass is 10.0. The maximum Gasteiger partial charge on any atom is 0.0796 e. The molecule has 0 fully saturated rings. The SMILES string of the molecule is c1ccc2c(c1)Cc1ccccc1-2.c1cncc(-c2cccnc2-c2cccnc2)c1. The zero-order valence-corrected chi connectivity index (χ0v) is 17.0. The van der Waals surface area contributed by atoms with Crippen LogP contribution in [0.2, 0.25) is 0 Å². The van der Waals surface area contributed by atoms with Gasteiger partial charge in [0.05, 0.1) is 5.69 Å². The van der Waals surface area contributed by atoms with Crippen LogP contribution < -0.4 is 0 Å². The van der Waals surface area contributed by atoms with Crippen LogP contribution >= 0.6 is 0 Å². The molecule has 1 aliphatic rings. The Morgan fingerprint density at radius 2 is 1.03 bits per heavy atom. The number of pyridine rings is 3. The first-order valence-electron chi connectivity index (χ1n) is 10.3. The molecular weight excluding hydrogens is 378 g/mol. The van der Waals surface area contributed by atoms with Crippen molar-refractivity contribution in [1.82, 2.24) is 15.0 Å². The van der Waals surface area contributed by atoms with Crippen molar-refractivity contribution in [3.05, 3.63) is 127 Å². The van der Waals surface area contributed by atoms with Crippen LogP contribution in [0.1, 0.15) is 11.1 Å². The average molecular weight is 399 g/mol. The highest BCUT2D eigenvalue weighted by Crippen LogP contribution is 2.35. The first kappa shape index (κ1) is 18.9. The minimum atomic E-state index is 0.929. The Morgan fingerprint density at radius 3 is 1.65 bits per heavy atom. The molecule has 3 heterocycles. The smallest absolute Gasteiger partial charge is 0.0796 e. The van der Waals surface area contributed by atoms with Gasteiger partial charge in [0.15, 0.2) is 0 Å². The van der Waals surface area contributed by atoms with Crippen LogP contribution in [0.25, 0.3) is 33.5 Å². The molecule has 3 heteroatoms. The van der Waals surface area contributed by atoms with Crippen molar-refractivity contribution in [2.75, 3.05) is 0 Å². The largest absolute Gasteiger partial charge is 0.264 e. The van der Waals surface area contributed by atoms with Gasteiger partial charge in [-0.05, 0) is 52.9 Å². The number of hydrogen-bond acceptors (Lipinski definition) is 3. The molecule has 0 amide bonds. The molecule has 0 saturated heterocycles. The second-order valence-electron chi connectivity index (χ2n) is 7.37. The maximum atomic E-state index is 4.46. The minimum absolute atomic E-state index is 0.929. The van der Waals surface area contributed by atoms with Crippen LogP contribution in [0.5, 0.6) is 0 Å². The first-order chi connectivity index (χ1) is 15.4. The zero-order chi connectivity index (χ0) is 20.9. The Bertz CT molecular complexity index is 1200. The van der Waals surface area contributed by atoms with Crippen molar-refractivity contribution in [3.8, 4) is 33.5 Å². The van der Waals surface area contributed by atoms with Crippen molar-refractivity contribution in [3.63, 3.8) is 0 Å². The highest BCUT2D eigenvalue weighted by molar-refractivity contribution is 5.79. The third kappa shape index (κ3) is 3.99. The van der Waals surface area contributed by atoms with E-state index in [0.717, 1.165) is 28.8 Å². The Morgan fingerprint density at radius 1 is 0.484 bits per heavy atom. The second-order valence-corrected chi connectivity index (χ2v) is 7.37. The lowest BCUT2D eigenvalue weighted by Gasteiger charge is -2.07. The molecule has 5 aromatic rings. The minimum Gasteiger partial charge on any atom is -0.264 e. The van der Waals surface area contributed by atoms with Gasteiger partial charge in [-0.2, -0.15) is 0 Å². The summed E-state index contributed by atoms with van der Waals surface area (Å²) in [5.74, 6) is 0. The van der Waals surface area contributed by atoms with Crippen LogP contribution in [0.4, 0.5) is 0 Å². The highest BCUT2D eigenvalue weighted by Gasteiger charge is 2.15. The van der Waals surface area contributed by atoms with E-state index in [1.807, 2.05) is 48.8 Å². The molecule has 2 aromatic carbocycles. The average Bonchev–Trinajstić information content (AvgIpc) is 3.24. The van der Waals surface area contributed by atoms with E-state index in [0.29, 0.717) is 0 Å². The number of rotatable bonds is 2. The topological polar surface area (TPSA) is 38.7 Å². The van der Waals surface area contributed by atoms with Crippen molar-refractivity contribution in [1.29, 1.82) is 0 Å². The Balaban J connectivity index is 0.000000138. The maximum absolute atomic E-state index is 4.46. The van der Waals surface area contributed by atoms with Crippen molar-refractivity contribution < 1.29 is 0 Å². The number of aromatic nitrogens is 3. The van der Waals surface area contributed by atoms with Crippen molar-refractivity contribution >= 4 is 0 Å². The first-order valence-corrected chi connectivity index (χ1v) is 10.3. The molecule has 0 spiro atoms. The summed E-state index contributed by atoms with van der Waals surface area (Å²) >= 11 is 0. The monoisotopic (exact) mass is 399 g/mol. The number of benzene rings is 2. The molecule has 0 radical (unpaired) electrons. The molecule has 148 valence electrons. The summed E-state index contributed by atoms with van der Waals surface area (Å²) in [6, 6.07) is 29.2. The molecule has 1 aliphatic carbocycles. The summed E-state index contributed by atoms with van der Waals surface area (Å²) in [7, 11) is 0. The van der Waals surface area contributed by atoms with Crippen molar-refractivity contribution in [2.24, 2.45) is 0 Å². The Kier molecular flexibility index (Phi) is 5.31. The molecular formula is C28H21N3. The van der Waals surface area contributed by atoms with E-state index in [2.05, 4.69) is 63.5 Å². The van der Waals surface area contributed by atoms with E-state index < -0.39 is 0 Å². The van der Waals surface area contributed by atoms with Gasteiger partial charge >= 0.3 is 0 Å². The molecule has 0 N–H and O–H groups in total. The van der Waals surface area contributed by atoms with E-state index >= 15 is 0 Å². The fourth-order valence-electron chi connectivity index (χ4n) is 3.97. The van der Waals surface area contributed by atoms with Crippen LogP contribution in [-0.2, 0) is 6.42 Å². The van der Waals surface area contributed by atoms with Crippen LogP contribution in [-0.4, -0.2) is 15.0 Å². The van der Waals surface area contributed by atoms with Gasteiger partial charge in [0.25, 0.3) is 0 Å². The third-order valence-corrected chi connectivity index (χ3v) is 5.42. The summed E-state index contributed by atoms with van der Waals surface area (Å²) in [6.07, 6.45) is 10.1. The zero-order valence-electron chi connectivity index (χ0n) is 17.0. The normalized spacial score (nSPS) is 11.1. The van der Waals surface area contributed by atoms with Gasteiger partial charge in [0.2, 0.25) is 0 Å². The molecule has 0 aliphatic heterocycles. The van der Waals surface area contributed by atoms with E-state index in [1.54, 1.807) is 18.6 Å². The van der Waals surface area contributed by atoms with Crippen molar-refractivity contribution in [2.45, 2.75) is 6.42 Å². The van der Waals surface area contributed by atoms with Gasteiger partial charge in [-0.1, -0.05) is 60.7 Å². The van der Waals surface area contributed by atoms with Gasteiger partial charge in [-0.15, -0.1) is 0 Å². The van der Waals surface area contributed by atoms with E-state index in [1.165, 1.54) is 22.3 Å². The fraction of sp³-hybridized carbons (Fsp3) is 0.0357. The standard InChI is InChI=1S/C15H11N3.C13H10/c1-4-12(10-16-7-1)14-6-3-9-18-15(14)13-5-2-8-17-11-13;1-3-7-12-10(5-1)9-11-6-2-4-8-13(11)12/h1-11H;1-8H,9H2. The fourth-order valence-corrected chi connectivity index (χ4v) is 3.97. The van der Waals surface area contributed by atoms with Gasteiger partial charge in [-0.25, -0.2) is 0 Å². The lowest BCUT2D eigenvalue weighted by Crippen LogP contribution is -1.89. The Hall–Kier alpha value is -4.11. The van der Waals surface area contributed by atoms with Gasteiger partial charge < -0.3 is 0 Å². The number of fused-ring (bicyclic) bond motifs is 3. The summed E-state index contributed by atoms with van der Waals surface area (Å²) in [6.45, 7) is 0. The van der Waals surface area contributed by atoms with Gasteiger partial charge in [0.1, 0.15) is 0 Å². The molecule has 0 atom stereocenters. The summed E-state index contributed by atoms with van der Waals surface area (Å²) in [4.78, 5) is 12.8. The number of hydrogen-bond donors (Lipinski definition) is 0. The molecule has 0 saturated carbocycles. The van der Waals surface area contributed by atoms with Crippen LogP contribution in [0.3, 0.4) is 0 Å². The Labute approximate surface area is 182 Å². The van der Waals surface area contributed by atoms with E-state index in [4.69, 9.17) is 0 Å². The van der Waals surface area contributed by atoms with Crippen LogP contribution in [0.15, 0.2) is 116 Å². The summed E-state index contributed by atoms with van der Waals surface area (Å²) < 4.78 is 0. The molecule has 3 nitrogen and oxygen atoms in total. The second kappa shape index (κ2) is 8.72. The summed E-state index contributed by atoms with van der Waals surface area (Å²) in [5.41, 5.74) is 9.82. The summed E-state index contributed by atoms with van der Waals surface area (Å²) in [5, 5.41) is 0. The van der Waals surface area contributed by atoms with Gasteiger partial charge in [-0.3, -0.25) is 15.0 Å².